The predicted molar refractivity (Wildman–Crippen MR) is 102 cm³/mol. The molecule has 3 rings (SSSR count). The zero-order valence-corrected chi connectivity index (χ0v) is 16.2. The lowest BCUT2D eigenvalue weighted by Gasteiger charge is -2.33. The number of hydrogen-bond donors (Lipinski definition) is 0. The first-order chi connectivity index (χ1) is 12.3. The van der Waals surface area contributed by atoms with Gasteiger partial charge in [0.2, 0.25) is 10.0 Å². The van der Waals surface area contributed by atoms with Gasteiger partial charge < -0.3 is 4.90 Å². The third kappa shape index (κ3) is 3.39. The molecule has 6 heteroatoms. The van der Waals surface area contributed by atoms with E-state index >= 15 is 0 Å². The maximum atomic E-state index is 12.9. The number of fused-ring (bicyclic) bond motifs is 1. The van der Waals surface area contributed by atoms with E-state index in [1.807, 2.05) is 19.2 Å². The summed E-state index contributed by atoms with van der Waals surface area (Å²) in [5.41, 5.74) is 3.01. The van der Waals surface area contributed by atoms with Crippen molar-refractivity contribution in [2.75, 3.05) is 21.1 Å². The number of nitrogens with zero attached hydrogens (tertiary/aromatic N) is 2. The summed E-state index contributed by atoms with van der Waals surface area (Å²) in [5.74, 6) is -0.0968. The highest BCUT2D eigenvalue weighted by atomic mass is 32.2. The molecule has 5 nitrogen and oxygen atoms in total. The van der Waals surface area contributed by atoms with Gasteiger partial charge in [-0.15, -0.1) is 0 Å². The first-order valence-electron chi connectivity index (χ1n) is 8.70. The molecule has 0 fully saturated rings. The van der Waals surface area contributed by atoms with E-state index in [2.05, 4.69) is 12.1 Å². The van der Waals surface area contributed by atoms with Crippen LogP contribution in [0.2, 0.25) is 0 Å². The molecule has 2 aromatic carbocycles. The van der Waals surface area contributed by atoms with Crippen LogP contribution in [0.3, 0.4) is 0 Å². The number of benzene rings is 2. The molecular weight excluding hydrogens is 348 g/mol. The summed E-state index contributed by atoms with van der Waals surface area (Å²) < 4.78 is 25.5. The summed E-state index contributed by atoms with van der Waals surface area (Å²) in [6.45, 7) is 0. The van der Waals surface area contributed by atoms with Crippen molar-refractivity contribution in [1.29, 1.82) is 0 Å². The van der Waals surface area contributed by atoms with Crippen molar-refractivity contribution < 1.29 is 13.2 Å². The lowest BCUT2D eigenvalue weighted by molar-refractivity contribution is 0.0715. The number of rotatable bonds is 4. The first kappa shape index (κ1) is 18.6. The van der Waals surface area contributed by atoms with Gasteiger partial charge in [-0.3, -0.25) is 4.79 Å². The smallest absolute Gasteiger partial charge is 0.254 e. The number of carbonyl (C=O) groups is 1. The number of amides is 1. The van der Waals surface area contributed by atoms with Crippen molar-refractivity contribution in [3.8, 4) is 0 Å². The Balaban J connectivity index is 1.84. The minimum absolute atomic E-state index is 0.0534. The highest BCUT2D eigenvalue weighted by Gasteiger charge is 2.27. The van der Waals surface area contributed by atoms with E-state index in [1.54, 1.807) is 17.0 Å². The third-order valence-electron chi connectivity index (χ3n) is 5.01. The van der Waals surface area contributed by atoms with E-state index in [0.717, 1.165) is 23.6 Å². The Morgan fingerprint density at radius 3 is 2.31 bits per heavy atom. The van der Waals surface area contributed by atoms with Gasteiger partial charge in [0.15, 0.2) is 0 Å². The minimum Gasteiger partial charge on any atom is -0.335 e. The quantitative estimate of drug-likeness (QED) is 0.829. The van der Waals surface area contributed by atoms with E-state index in [-0.39, 0.29) is 16.8 Å². The maximum absolute atomic E-state index is 12.9. The van der Waals surface area contributed by atoms with Crippen LogP contribution >= 0.6 is 0 Å². The summed E-state index contributed by atoms with van der Waals surface area (Å²) in [5, 5.41) is 0. The molecule has 0 aromatic heterocycles. The summed E-state index contributed by atoms with van der Waals surface area (Å²) in [7, 11) is 1.30. The van der Waals surface area contributed by atoms with Gasteiger partial charge in [0.25, 0.3) is 5.91 Å². The second-order valence-corrected chi connectivity index (χ2v) is 8.99. The molecular formula is C20H24N2O3S. The zero-order chi connectivity index (χ0) is 18.9. The number of aryl methyl sites for hydroxylation is 1. The minimum atomic E-state index is -3.49. The molecule has 0 aliphatic heterocycles. The van der Waals surface area contributed by atoms with Gasteiger partial charge in [0.1, 0.15) is 0 Å². The SMILES string of the molecule is CN(C(=O)c1ccc(S(=O)(=O)N(C)C)cc1)[C@@H]1CCCc2ccccc21. The van der Waals surface area contributed by atoms with Crippen LogP contribution in [0.25, 0.3) is 0 Å². The van der Waals surface area contributed by atoms with Crippen LogP contribution in [0.5, 0.6) is 0 Å². The van der Waals surface area contributed by atoms with Gasteiger partial charge in [-0.25, -0.2) is 12.7 Å². The van der Waals surface area contributed by atoms with Crippen molar-refractivity contribution in [3.63, 3.8) is 0 Å². The topological polar surface area (TPSA) is 57.7 Å². The van der Waals surface area contributed by atoms with Gasteiger partial charge in [-0.05, 0) is 54.7 Å². The lowest BCUT2D eigenvalue weighted by atomic mass is 9.87. The summed E-state index contributed by atoms with van der Waals surface area (Å²) in [4.78, 5) is 14.9. The summed E-state index contributed by atoms with van der Waals surface area (Å²) in [6, 6.07) is 14.5. The van der Waals surface area contributed by atoms with Crippen LogP contribution in [0.15, 0.2) is 53.4 Å². The lowest BCUT2D eigenvalue weighted by Crippen LogP contribution is -2.33. The zero-order valence-electron chi connectivity index (χ0n) is 15.3. The standard InChI is InChI=1S/C20H24N2O3S/c1-21(2)26(24,25)17-13-11-16(12-14-17)20(23)22(3)19-10-6-8-15-7-4-5-9-18(15)19/h4-5,7,9,11-14,19H,6,8,10H2,1-3H3/t19-/m1/s1. The average Bonchev–Trinajstić information content (AvgIpc) is 2.66. The predicted octanol–water partition coefficient (Wildman–Crippen LogP) is 3.09. The molecule has 0 heterocycles. The van der Waals surface area contributed by atoms with Crippen molar-refractivity contribution in [2.24, 2.45) is 0 Å². The van der Waals surface area contributed by atoms with Crippen molar-refractivity contribution in [2.45, 2.75) is 30.2 Å². The van der Waals surface area contributed by atoms with Gasteiger partial charge in [-0.1, -0.05) is 24.3 Å². The molecule has 0 saturated carbocycles. The first-order valence-corrected chi connectivity index (χ1v) is 10.1. The maximum Gasteiger partial charge on any atom is 0.254 e. The van der Waals surface area contributed by atoms with Gasteiger partial charge >= 0.3 is 0 Å². The van der Waals surface area contributed by atoms with Crippen LogP contribution in [-0.2, 0) is 16.4 Å². The van der Waals surface area contributed by atoms with Crippen LogP contribution in [0.1, 0.15) is 40.4 Å². The Bertz CT molecular complexity index is 905. The molecule has 0 spiro atoms. The monoisotopic (exact) mass is 372 g/mol. The Labute approximate surface area is 155 Å². The molecule has 2 aromatic rings. The van der Waals surface area contributed by atoms with Crippen molar-refractivity contribution in [3.05, 3.63) is 65.2 Å². The highest BCUT2D eigenvalue weighted by Crippen LogP contribution is 2.34. The van der Waals surface area contributed by atoms with Crippen LogP contribution in [0.4, 0.5) is 0 Å². The van der Waals surface area contributed by atoms with E-state index in [1.165, 1.54) is 37.4 Å². The molecule has 0 radical (unpaired) electrons. The molecule has 1 aliphatic carbocycles. The molecule has 26 heavy (non-hydrogen) atoms. The van der Waals surface area contributed by atoms with E-state index in [0.29, 0.717) is 5.56 Å². The molecule has 0 unspecified atom stereocenters. The van der Waals surface area contributed by atoms with Gasteiger partial charge in [0, 0.05) is 26.7 Å². The van der Waals surface area contributed by atoms with E-state index < -0.39 is 10.0 Å². The van der Waals surface area contributed by atoms with Crippen LogP contribution in [-0.4, -0.2) is 44.7 Å². The number of sulfonamides is 1. The van der Waals surface area contributed by atoms with Gasteiger partial charge in [0.05, 0.1) is 10.9 Å². The summed E-state index contributed by atoms with van der Waals surface area (Å²) in [6.07, 6.45) is 3.04. The molecule has 0 N–H and O–H groups in total. The molecule has 0 bridgehead atoms. The average molecular weight is 372 g/mol. The Morgan fingerprint density at radius 2 is 1.65 bits per heavy atom. The van der Waals surface area contributed by atoms with Crippen LogP contribution < -0.4 is 0 Å². The Hall–Kier alpha value is -2.18. The summed E-state index contributed by atoms with van der Waals surface area (Å²) >= 11 is 0. The van der Waals surface area contributed by atoms with Crippen molar-refractivity contribution in [1.82, 2.24) is 9.21 Å². The molecule has 0 saturated heterocycles. The second kappa shape index (κ2) is 7.21. The Kier molecular flexibility index (Phi) is 5.16. The van der Waals surface area contributed by atoms with Crippen LogP contribution in [0, 0.1) is 0 Å². The normalized spacial score (nSPS) is 17.0. The highest BCUT2D eigenvalue weighted by molar-refractivity contribution is 7.89. The van der Waals surface area contributed by atoms with E-state index in [9.17, 15) is 13.2 Å². The van der Waals surface area contributed by atoms with Gasteiger partial charge in [-0.2, -0.15) is 0 Å². The fraction of sp³-hybridized carbons (Fsp3) is 0.350. The largest absolute Gasteiger partial charge is 0.335 e. The Morgan fingerprint density at radius 1 is 1.00 bits per heavy atom. The fourth-order valence-electron chi connectivity index (χ4n) is 3.46. The van der Waals surface area contributed by atoms with E-state index in [4.69, 9.17) is 0 Å². The molecule has 1 aliphatic rings. The number of hydrogen-bond acceptors (Lipinski definition) is 3. The number of carbonyl (C=O) groups excluding carboxylic acids is 1. The third-order valence-corrected chi connectivity index (χ3v) is 6.83. The fourth-order valence-corrected chi connectivity index (χ4v) is 4.36. The molecule has 138 valence electrons. The molecule has 1 amide bonds. The second-order valence-electron chi connectivity index (χ2n) is 6.83. The molecule has 1 atom stereocenters. The van der Waals surface area contributed by atoms with Crippen molar-refractivity contribution >= 4 is 15.9 Å².